The van der Waals surface area contributed by atoms with Gasteiger partial charge in [-0.2, -0.15) is 0 Å². The van der Waals surface area contributed by atoms with Crippen LogP contribution in [0.25, 0.3) is 0 Å². The van der Waals surface area contributed by atoms with Gasteiger partial charge in [0, 0.05) is 0 Å². The maximum absolute atomic E-state index is 12.8. The molecule has 90 valence electrons. The zero-order valence-corrected chi connectivity index (χ0v) is 9.54. The lowest BCUT2D eigenvalue weighted by Gasteiger charge is -2.12. The molecule has 0 spiro atoms. The van der Waals surface area contributed by atoms with Gasteiger partial charge in [0.1, 0.15) is 5.82 Å². The second kappa shape index (κ2) is 6.81. The van der Waals surface area contributed by atoms with E-state index in [0.29, 0.717) is 13.0 Å². The van der Waals surface area contributed by atoms with Crippen molar-refractivity contribution in [2.24, 2.45) is 0 Å². The van der Waals surface area contributed by atoms with Gasteiger partial charge >= 0.3 is 0 Å². The molecule has 0 amide bonds. The Morgan fingerprint density at radius 1 is 1.31 bits per heavy atom. The molecule has 0 atom stereocenters. The van der Waals surface area contributed by atoms with E-state index in [9.17, 15) is 4.39 Å². The van der Waals surface area contributed by atoms with Gasteiger partial charge < -0.3 is 15.5 Å². The minimum Gasteiger partial charge on any atom is -0.395 e. The van der Waals surface area contributed by atoms with Gasteiger partial charge in [0.15, 0.2) is 0 Å². The van der Waals surface area contributed by atoms with Crippen molar-refractivity contribution in [2.45, 2.75) is 12.5 Å². The van der Waals surface area contributed by atoms with E-state index in [0.717, 1.165) is 5.56 Å². The molecule has 0 saturated carbocycles. The van der Waals surface area contributed by atoms with Crippen LogP contribution < -0.4 is 5.32 Å². The normalized spacial score (nSPS) is 11.1. The van der Waals surface area contributed by atoms with Gasteiger partial charge in [-0.25, -0.2) is 4.39 Å². The lowest BCUT2D eigenvalue weighted by molar-refractivity contribution is 0.171. The molecule has 0 radical (unpaired) electrons. The van der Waals surface area contributed by atoms with Crippen LogP contribution in [0.2, 0.25) is 5.02 Å². The van der Waals surface area contributed by atoms with Gasteiger partial charge in [-0.3, -0.25) is 0 Å². The van der Waals surface area contributed by atoms with E-state index in [1.54, 1.807) is 12.1 Å². The minimum atomic E-state index is -0.429. The van der Waals surface area contributed by atoms with E-state index in [1.165, 1.54) is 6.07 Å². The molecule has 0 aliphatic carbocycles. The Morgan fingerprint density at radius 3 is 2.56 bits per heavy atom. The van der Waals surface area contributed by atoms with Crippen molar-refractivity contribution in [1.82, 2.24) is 5.32 Å². The third kappa shape index (κ3) is 4.06. The van der Waals surface area contributed by atoms with Crippen LogP contribution in [0.15, 0.2) is 18.2 Å². The van der Waals surface area contributed by atoms with Crippen LogP contribution in [-0.4, -0.2) is 36.0 Å². The van der Waals surface area contributed by atoms with E-state index in [2.05, 4.69) is 5.32 Å². The first-order valence-electron chi connectivity index (χ1n) is 5.06. The highest BCUT2D eigenvalue weighted by molar-refractivity contribution is 6.30. The summed E-state index contributed by atoms with van der Waals surface area (Å²) >= 11 is 5.63. The molecule has 5 heteroatoms. The Kier molecular flexibility index (Phi) is 5.69. The summed E-state index contributed by atoms with van der Waals surface area (Å²) in [5.74, 6) is -0.429. The quantitative estimate of drug-likeness (QED) is 0.702. The predicted molar refractivity (Wildman–Crippen MR) is 61.1 cm³/mol. The van der Waals surface area contributed by atoms with Gasteiger partial charge in [-0.1, -0.05) is 17.7 Å². The lowest BCUT2D eigenvalue weighted by atomic mass is 10.1. The molecule has 0 heterocycles. The minimum absolute atomic E-state index is 0.110. The average Bonchev–Trinajstić information content (AvgIpc) is 2.29. The number of halogens is 2. The molecule has 0 fully saturated rings. The summed E-state index contributed by atoms with van der Waals surface area (Å²) in [6.07, 6.45) is 0.663. The molecule has 3 N–H and O–H groups in total. The average molecular weight is 248 g/mol. The molecule has 0 unspecified atom stereocenters. The Morgan fingerprint density at radius 2 is 2.00 bits per heavy atom. The highest BCUT2D eigenvalue weighted by Crippen LogP contribution is 2.16. The van der Waals surface area contributed by atoms with Crippen LogP contribution in [0.5, 0.6) is 0 Å². The number of benzene rings is 1. The molecule has 1 aromatic rings. The van der Waals surface area contributed by atoms with Crippen molar-refractivity contribution < 1.29 is 14.6 Å². The zero-order chi connectivity index (χ0) is 12.0. The summed E-state index contributed by atoms with van der Waals surface area (Å²) in [6.45, 7) is 0.370. The lowest BCUT2D eigenvalue weighted by Crippen LogP contribution is -2.36. The topological polar surface area (TPSA) is 52.5 Å². The summed E-state index contributed by atoms with van der Waals surface area (Å²) in [5.41, 5.74) is 0.911. The van der Waals surface area contributed by atoms with Crippen LogP contribution in [0.4, 0.5) is 4.39 Å². The molecule has 1 aromatic carbocycles. The SMILES string of the molecule is OCC(CO)NCCc1ccc(F)c(Cl)c1. The van der Waals surface area contributed by atoms with Crippen LogP contribution in [0.3, 0.4) is 0 Å². The van der Waals surface area contributed by atoms with Crippen molar-refractivity contribution in [1.29, 1.82) is 0 Å². The number of rotatable bonds is 6. The Labute approximate surface area is 98.9 Å². The monoisotopic (exact) mass is 247 g/mol. The predicted octanol–water partition coefficient (Wildman–Crippen LogP) is 0.964. The van der Waals surface area contributed by atoms with Crippen molar-refractivity contribution in [3.63, 3.8) is 0 Å². The molecule has 0 saturated heterocycles. The van der Waals surface area contributed by atoms with Gasteiger partial charge in [0.2, 0.25) is 0 Å². The van der Waals surface area contributed by atoms with E-state index >= 15 is 0 Å². The fraction of sp³-hybridized carbons (Fsp3) is 0.455. The van der Waals surface area contributed by atoms with Crippen LogP contribution in [0.1, 0.15) is 5.56 Å². The smallest absolute Gasteiger partial charge is 0.141 e. The first kappa shape index (κ1) is 13.4. The van der Waals surface area contributed by atoms with E-state index < -0.39 is 5.82 Å². The molecule has 0 aliphatic rings. The number of hydrogen-bond acceptors (Lipinski definition) is 3. The maximum Gasteiger partial charge on any atom is 0.141 e. The van der Waals surface area contributed by atoms with E-state index in [1.807, 2.05) is 0 Å². The molecule has 1 rings (SSSR count). The summed E-state index contributed by atoms with van der Waals surface area (Å²) in [7, 11) is 0. The van der Waals surface area contributed by atoms with Crippen LogP contribution in [-0.2, 0) is 6.42 Å². The maximum atomic E-state index is 12.8. The molecule has 16 heavy (non-hydrogen) atoms. The van der Waals surface area contributed by atoms with Gasteiger partial charge in [0.25, 0.3) is 0 Å². The highest BCUT2D eigenvalue weighted by Gasteiger charge is 2.05. The van der Waals surface area contributed by atoms with E-state index in [-0.39, 0.29) is 24.3 Å². The fourth-order valence-corrected chi connectivity index (χ4v) is 1.51. The zero-order valence-electron chi connectivity index (χ0n) is 8.79. The molecular weight excluding hydrogens is 233 g/mol. The number of aliphatic hydroxyl groups is 2. The largest absolute Gasteiger partial charge is 0.395 e. The molecular formula is C11H15ClFNO2. The van der Waals surface area contributed by atoms with Gasteiger partial charge in [-0.15, -0.1) is 0 Å². The van der Waals surface area contributed by atoms with Crippen LogP contribution >= 0.6 is 11.6 Å². The van der Waals surface area contributed by atoms with Gasteiger partial charge in [0.05, 0.1) is 24.3 Å². The Bertz CT molecular complexity index is 332. The molecule has 0 aromatic heterocycles. The second-order valence-corrected chi connectivity index (χ2v) is 3.92. The number of nitrogens with one attached hydrogen (secondary N) is 1. The highest BCUT2D eigenvalue weighted by atomic mass is 35.5. The Hall–Kier alpha value is -0.680. The standard InChI is InChI=1S/C11H15ClFNO2/c12-10-5-8(1-2-11(10)13)3-4-14-9(6-15)7-16/h1-2,5,9,14-16H,3-4,6-7H2. The fourth-order valence-electron chi connectivity index (χ4n) is 1.30. The number of hydrogen-bond donors (Lipinski definition) is 3. The third-order valence-corrected chi connectivity index (χ3v) is 2.56. The number of aliphatic hydroxyl groups excluding tert-OH is 2. The van der Waals surface area contributed by atoms with Crippen molar-refractivity contribution >= 4 is 11.6 Å². The molecule has 0 aliphatic heterocycles. The van der Waals surface area contributed by atoms with E-state index in [4.69, 9.17) is 21.8 Å². The summed E-state index contributed by atoms with van der Waals surface area (Å²) in [4.78, 5) is 0. The second-order valence-electron chi connectivity index (χ2n) is 3.51. The van der Waals surface area contributed by atoms with Gasteiger partial charge in [-0.05, 0) is 30.7 Å². The summed E-state index contributed by atoms with van der Waals surface area (Å²) in [6, 6.07) is 4.25. The summed E-state index contributed by atoms with van der Waals surface area (Å²) < 4.78 is 12.8. The van der Waals surface area contributed by atoms with Crippen LogP contribution in [0, 0.1) is 5.82 Å². The third-order valence-electron chi connectivity index (χ3n) is 2.27. The Balaban J connectivity index is 2.40. The molecule has 0 bridgehead atoms. The first-order valence-corrected chi connectivity index (χ1v) is 5.44. The first-order chi connectivity index (χ1) is 7.67. The van der Waals surface area contributed by atoms with Crippen molar-refractivity contribution in [2.75, 3.05) is 19.8 Å². The molecule has 3 nitrogen and oxygen atoms in total. The van der Waals surface area contributed by atoms with Crippen molar-refractivity contribution in [3.05, 3.63) is 34.6 Å². The van der Waals surface area contributed by atoms with Crippen molar-refractivity contribution in [3.8, 4) is 0 Å². The summed E-state index contributed by atoms with van der Waals surface area (Å²) in [5, 5.41) is 20.7.